The Balaban J connectivity index is 2.20. The van der Waals surface area contributed by atoms with Crippen LogP contribution in [0.25, 0.3) is 22.4 Å². The maximum atomic E-state index is 5.77. The van der Waals surface area contributed by atoms with Gasteiger partial charge in [0.25, 0.3) is 0 Å². The highest BCUT2D eigenvalue weighted by Crippen LogP contribution is 2.25. The van der Waals surface area contributed by atoms with Crippen LogP contribution in [-0.2, 0) is 13.0 Å². The molecule has 102 valence electrons. The van der Waals surface area contributed by atoms with Crippen molar-refractivity contribution in [1.82, 2.24) is 15.0 Å². The van der Waals surface area contributed by atoms with Crippen LogP contribution in [0.3, 0.4) is 0 Å². The molecule has 0 aliphatic rings. The molecule has 0 aliphatic carbocycles. The molecule has 3 aromatic rings. The van der Waals surface area contributed by atoms with Gasteiger partial charge in [0.1, 0.15) is 5.65 Å². The van der Waals surface area contributed by atoms with Crippen LogP contribution in [-0.4, -0.2) is 15.0 Å². The average Bonchev–Trinajstić information content (AvgIpc) is 2.90. The van der Waals surface area contributed by atoms with Gasteiger partial charge in [-0.15, -0.1) is 0 Å². The van der Waals surface area contributed by atoms with E-state index in [4.69, 9.17) is 10.7 Å². The highest BCUT2D eigenvalue weighted by Gasteiger charge is 2.12. The highest BCUT2D eigenvalue weighted by molar-refractivity contribution is 9.10. The molecule has 0 aliphatic heterocycles. The molecule has 0 amide bonds. The van der Waals surface area contributed by atoms with Crippen LogP contribution >= 0.6 is 15.9 Å². The number of nitrogens with zero attached hydrogens (tertiary/aromatic N) is 2. The van der Waals surface area contributed by atoms with E-state index in [1.54, 1.807) is 0 Å². The van der Waals surface area contributed by atoms with Crippen molar-refractivity contribution < 1.29 is 0 Å². The van der Waals surface area contributed by atoms with Crippen molar-refractivity contribution in [1.29, 1.82) is 0 Å². The van der Waals surface area contributed by atoms with Crippen molar-refractivity contribution >= 4 is 27.0 Å². The van der Waals surface area contributed by atoms with E-state index in [1.165, 1.54) is 0 Å². The monoisotopic (exact) mass is 330 g/mol. The summed E-state index contributed by atoms with van der Waals surface area (Å²) < 4.78 is 1.04. The van der Waals surface area contributed by atoms with Gasteiger partial charge in [-0.25, -0.2) is 9.97 Å². The zero-order valence-electron chi connectivity index (χ0n) is 11.2. The van der Waals surface area contributed by atoms with E-state index in [9.17, 15) is 0 Å². The molecular formula is C15H15BrN4. The lowest BCUT2D eigenvalue weighted by atomic mass is 10.1. The van der Waals surface area contributed by atoms with Crippen LogP contribution in [0.5, 0.6) is 0 Å². The van der Waals surface area contributed by atoms with Crippen molar-refractivity contribution in [2.45, 2.75) is 19.9 Å². The number of benzene rings is 1. The lowest BCUT2D eigenvalue weighted by Crippen LogP contribution is -2.00. The zero-order chi connectivity index (χ0) is 14.1. The van der Waals surface area contributed by atoms with Crippen molar-refractivity contribution in [3.05, 3.63) is 46.2 Å². The maximum Gasteiger partial charge on any atom is 0.161 e. The van der Waals surface area contributed by atoms with E-state index in [0.717, 1.165) is 44.6 Å². The van der Waals surface area contributed by atoms with Crippen molar-refractivity contribution in [2.24, 2.45) is 5.73 Å². The summed E-state index contributed by atoms with van der Waals surface area (Å²) in [5, 5.41) is 1.07. The van der Waals surface area contributed by atoms with Gasteiger partial charge in [-0.3, -0.25) is 0 Å². The average molecular weight is 331 g/mol. The Kier molecular flexibility index (Phi) is 3.54. The van der Waals surface area contributed by atoms with Gasteiger partial charge >= 0.3 is 0 Å². The molecule has 3 rings (SSSR count). The van der Waals surface area contributed by atoms with Crippen LogP contribution in [0.15, 0.2) is 34.9 Å². The molecule has 0 unspecified atom stereocenters. The van der Waals surface area contributed by atoms with E-state index in [2.05, 4.69) is 32.8 Å². The summed E-state index contributed by atoms with van der Waals surface area (Å²) in [6, 6.07) is 8.01. The quantitative estimate of drug-likeness (QED) is 0.773. The summed E-state index contributed by atoms with van der Waals surface area (Å²) in [5.74, 6) is 0.743. The first-order valence-electron chi connectivity index (χ1n) is 6.55. The lowest BCUT2D eigenvalue weighted by molar-refractivity contribution is 1.02. The number of hydrogen-bond donors (Lipinski definition) is 2. The molecule has 3 N–H and O–H groups in total. The van der Waals surface area contributed by atoms with Crippen LogP contribution in [0.2, 0.25) is 0 Å². The van der Waals surface area contributed by atoms with Gasteiger partial charge < -0.3 is 10.7 Å². The number of fused-ring (bicyclic) bond motifs is 1. The molecule has 0 fully saturated rings. The number of nitrogens with two attached hydrogens (primary N) is 1. The lowest BCUT2D eigenvalue weighted by Gasteiger charge is -2.06. The molecule has 4 nitrogen and oxygen atoms in total. The largest absolute Gasteiger partial charge is 0.346 e. The van der Waals surface area contributed by atoms with E-state index >= 15 is 0 Å². The topological polar surface area (TPSA) is 67.6 Å². The molecule has 0 radical (unpaired) electrons. The zero-order valence-corrected chi connectivity index (χ0v) is 12.7. The summed E-state index contributed by atoms with van der Waals surface area (Å²) >= 11 is 3.44. The van der Waals surface area contributed by atoms with Crippen LogP contribution in [0.4, 0.5) is 0 Å². The molecule has 0 saturated carbocycles. The number of aryl methyl sites for hydroxylation is 1. The summed E-state index contributed by atoms with van der Waals surface area (Å²) in [4.78, 5) is 12.5. The smallest absolute Gasteiger partial charge is 0.161 e. The molecule has 0 spiro atoms. The summed E-state index contributed by atoms with van der Waals surface area (Å²) in [5.41, 5.74) is 9.74. The maximum absolute atomic E-state index is 5.77. The SMILES string of the molecule is CCc1nc(-c2ccc(Br)cc2)nc2[nH]cc(CN)c12. The molecule has 2 heterocycles. The Morgan fingerprint density at radius 2 is 1.95 bits per heavy atom. The Bertz CT molecular complexity index is 746. The first-order chi connectivity index (χ1) is 9.72. The van der Waals surface area contributed by atoms with Gasteiger partial charge in [0, 0.05) is 28.2 Å². The first kappa shape index (κ1) is 13.3. The van der Waals surface area contributed by atoms with Crippen molar-refractivity contribution in [3.8, 4) is 11.4 Å². The fraction of sp³-hybridized carbons (Fsp3) is 0.200. The second-order valence-electron chi connectivity index (χ2n) is 4.60. The van der Waals surface area contributed by atoms with Crippen molar-refractivity contribution in [2.75, 3.05) is 0 Å². The van der Waals surface area contributed by atoms with Gasteiger partial charge in [-0.2, -0.15) is 0 Å². The number of aromatic nitrogens is 3. The fourth-order valence-corrected chi connectivity index (χ4v) is 2.59. The van der Waals surface area contributed by atoms with Gasteiger partial charge in [0.2, 0.25) is 0 Å². The van der Waals surface area contributed by atoms with E-state index in [0.29, 0.717) is 6.54 Å². The summed E-state index contributed by atoms with van der Waals surface area (Å²) in [6.45, 7) is 2.59. The molecule has 1 aromatic carbocycles. The molecule has 5 heteroatoms. The number of rotatable bonds is 3. The number of halogens is 1. The number of hydrogen-bond acceptors (Lipinski definition) is 3. The standard InChI is InChI=1S/C15H15BrN4/c1-2-12-13-10(7-17)8-18-15(13)20-14(19-12)9-3-5-11(16)6-4-9/h3-6,8H,2,7,17H2,1H3,(H,18,19,20). The Morgan fingerprint density at radius 1 is 1.20 bits per heavy atom. The molecule has 0 atom stereocenters. The van der Waals surface area contributed by atoms with E-state index < -0.39 is 0 Å². The molecule has 20 heavy (non-hydrogen) atoms. The third kappa shape index (κ3) is 2.23. The Labute approximate surface area is 125 Å². The number of aromatic amines is 1. The Morgan fingerprint density at radius 3 is 2.60 bits per heavy atom. The predicted molar refractivity (Wildman–Crippen MR) is 84.3 cm³/mol. The minimum Gasteiger partial charge on any atom is -0.346 e. The molecule has 2 aromatic heterocycles. The first-order valence-corrected chi connectivity index (χ1v) is 7.35. The number of H-pyrrole nitrogens is 1. The Hall–Kier alpha value is -1.72. The van der Waals surface area contributed by atoms with Gasteiger partial charge in [0.15, 0.2) is 5.82 Å². The summed E-state index contributed by atoms with van der Waals surface area (Å²) in [6.07, 6.45) is 2.78. The second-order valence-corrected chi connectivity index (χ2v) is 5.51. The normalized spacial score (nSPS) is 11.2. The number of nitrogens with one attached hydrogen (secondary N) is 1. The summed E-state index contributed by atoms with van der Waals surface area (Å²) in [7, 11) is 0. The molecule has 0 bridgehead atoms. The minimum atomic E-state index is 0.494. The van der Waals surface area contributed by atoms with E-state index in [-0.39, 0.29) is 0 Å². The van der Waals surface area contributed by atoms with Gasteiger partial charge in [-0.1, -0.05) is 35.0 Å². The van der Waals surface area contributed by atoms with Crippen LogP contribution < -0.4 is 5.73 Å². The molecule has 0 saturated heterocycles. The minimum absolute atomic E-state index is 0.494. The second kappa shape index (κ2) is 5.34. The fourth-order valence-electron chi connectivity index (χ4n) is 2.32. The van der Waals surface area contributed by atoms with E-state index in [1.807, 2.05) is 30.5 Å². The molecular weight excluding hydrogens is 316 g/mol. The third-order valence-electron chi connectivity index (χ3n) is 3.35. The highest BCUT2D eigenvalue weighted by atomic mass is 79.9. The third-order valence-corrected chi connectivity index (χ3v) is 3.87. The predicted octanol–water partition coefficient (Wildman–Crippen LogP) is 3.41. The van der Waals surface area contributed by atoms with Crippen LogP contribution in [0.1, 0.15) is 18.2 Å². The van der Waals surface area contributed by atoms with Crippen molar-refractivity contribution in [3.63, 3.8) is 0 Å². The van der Waals surface area contributed by atoms with Crippen LogP contribution in [0, 0.1) is 0 Å². The van der Waals surface area contributed by atoms with Gasteiger partial charge in [-0.05, 0) is 24.1 Å². The van der Waals surface area contributed by atoms with Gasteiger partial charge in [0.05, 0.1) is 5.69 Å².